The van der Waals surface area contributed by atoms with Crippen molar-refractivity contribution in [3.05, 3.63) is 29.2 Å². The second-order valence-corrected chi connectivity index (χ2v) is 7.93. The largest absolute Gasteiger partial charge is 0.452 e. The van der Waals surface area contributed by atoms with Gasteiger partial charge in [-0.05, 0) is 43.7 Å². The highest BCUT2D eigenvalue weighted by atomic mass is 79.9. The van der Waals surface area contributed by atoms with E-state index in [0.29, 0.717) is 12.3 Å². The van der Waals surface area contributed by atoms with Crippen LogP contribution in [0, 0.1) is 0 Å². The van der Waals surface area contributed by atoms with Crippen molar-refractivity contribution in [3.63, 3.8) is 0 Å². The first-order valence-electron chi connectivity index (χ1n) is 6.21. The number of halogens is 1. The smallest absolute Gasteiger partial charge is 0.248 e. The minimum atomic E-state index is -3.66. The number of hydrogen-bond donors (Lipinski definition) is 1. The van der Waals surface area contributed by atoms with Crippen molar-refractivity contribution in [3.8, 4) is 0 Å². The molecule has 0 aliphatic carbocycles. The molecule has 5 nitrogen and oxygen atoms in total. The molecule has 0 bridgehead atoms. The van der Waals surface area contributed by atoms with Gasteiger partial charge in [0.05, 0.1) is 6.54 Å². The maximum absolute atomic E-state index is 12.8. The predicted octanol–water partition coefficient (Wildman–Crippen LogP) is 2.74. The Hall–Kier alpha value is -0.630. The molecule has 20 heavy (non-hydrogen) atoms. The third-order valence-electron chi connectivity index (χ3n) is 2.67. The highest BCUT2D eigenvalue weighted by Gasteiger charge is 2.35. The van der Waals surface area contributed by atoms with Crippen molar-refractivity contribution < 1.29 is 12.8 Å². The topological polar surface area (TPSA) is 62.6 Å². The maximum Gasteiger partial charge on any atom is 0.248 e. The first kappa shape index (κ1) is 17.4. The lowest BCUT2D eigenvalue weighted by atomic mass is 10.1. The minimum absolute atomic E-state index is 0.138. The van der Waals surface area contributed by atoms with Crippen LogP contribution in [0.15, 0.2) is 32.7 Å². The summed E-state index contributed by atoms with van der Waals surface area (Å²) in [4.78, 5) is 0.138. The van der Waals surface area contributed by atoms with E-state index in [1.54, 1.807) is 13.1 Å². The molecule has 0 amide bonds. The van der Waals surface area contributed by atoms with Gasteiger partial charge in [-0.1, -0.05) is 6.08 Å². The molecule has 1 N–H and O–H groups in total. The van der Waals surface area contributed by atoms with E-state index in [0.717, 1.165) is 0 Å². The number of hydrogen-bond acceptors (Lipinski definition) is 4. The molecule has 0 aromatic carbocycles. The Balaban J connectivity index is 3.29. The van der Waals surface area contributed by atoms with Gasteiger partial charge < -0.3 is 9.73 Å². The van der Waals surface area contributed by atoms with Crippen molar-refractivity contribution in [1.82, 2.24) is 9.62 Å². The highest BCUT2D eigenvalue weighted by Crippen LogP contribution is 2.32. The summed E-state index contributed by atoms with van der Waals surface area (Å²) >= 11 is 3.18. The lowest BCUT2D eigenvalue weighted by Crippen LogP contribution is -2.45. The Bertz CT molecular complexity index is 573. The lowest BCUT2D eigenvalue weighted by Gasteiger charge is -2.33. The van der Waals surface area contributed by atoms with Gasteiger partial charge in [0, 0.05) is 18.2 Å². The molecule has 1 rings (SSSR count). The summed E-state index contributed by atoms with van der Waals surface area (Å²) in [7, 11) is -1.89. The summed E-state index contributed by atoms with van der Waals surface area (Å²) in [5.41, 5.74) is -0.549. The number of nitrogens with one attached hydrogen (secondary N) is 1. The van der Waals surface area contributed by atoms with Gasteiger partial charge in [0.15, 0.2) is 4.67 Å². The third kappa shape index (κ3) is 3.72. The molecule has 0 unspecified atom stereocenters. The summed E-state index contributed by atoms with van der Waals surface area (Å²) in [5, 5.41) is 2.92. The predicted molar refractivity (Wildman–Crippen MR) is 83.0 cm³/mol. The Kier molecular flexibility index (Phi) is 5.60. The van der Waals surface area contributed by atoms with Crippen LogP contribution in [0.25, 0.3) is 0 Å². The van der Waals surface area contributed by atoms with Crippen LogP contribution in [-0.2, 0) is 16.6 Å². The molecule has 0 aliphatic heterocycles. The van der Waals surface area contributed by atoms with Crippen LogP contribution in [0.5, 0.6) is 0 Å². The van der Waals surface area contributed by atoms with E-state index in [2.05, 4.69) is 27.8 Å². The number of sulfonamides is 1. The van der Waals surface area contributed by atoms with Crippen LogP contribution < -0.4 is 5.32 Å². The minimum Gasteiger partial charge on any atom is -0.452 e. The fourth-order valence-electron chi connectivity index (χ4n) is 1.80. The van der Waals surface area contributed by atoms with Gasteiger partial charge in [0.1, 0.15) is 10.7 Å². The van der Waals surface area contributed by atoms with Crippen molar-refractivity contribution in [2.75, 3.05) is 13.6 Å². The average molecular weight is 365 g/mol. The van der Waals surface area contributed by atoms with Crippen LogP contribution >= 0.6 is 15.9 Å². The second kappa shape index (κ2) is 6.43. The lowest BCUT2D eigenvalue weighted by molar-refractivity contribution is 0.269. The molecule has 7 heteroatoms. The van der Waals surface area contributed by atoms with E-state index in [-0.39, 0.29) is 16.1 Å². The number of nitrogens with zero attached hydrogens (tertiary/aromatic N) is 1. The molecule has 0 fully saturated rings. The second-order valence-electron chi connectivity index (χ2n) is 5.38. The van der Waals surface area contributed by atoms with Gasteiger partial charge >= 0.3 is 0 Å². The van der Waals surface area contributed by atoms with Crippen molar-refractivity contribution >= 4 is 26.0 Å². The van der Waals surface area contributed by atoms with Crippen molar-refractivity contribution in [2.24, 2.45) is 0 Å². The summed E-state index contributed by atoms with van der Waals surface area (Å²) < 4.78 is 32.6. The Morgan fingerprint density at radius 1 is 1.50 bits per heavy atom. The summed E-state index contributed by atoms with van der Waals surface area (Å²) in [6, 6.07) is 1.54. The normalized spacial score (nSPS) is 12.9. The van der Waals surface area contributed by atoms with Gasteiger partial charge in [0.2, 0.25) is 10.0 Å². The third-order valence-corrected chi connectivity index (χ3v) is 5.66. The van der Waals surface area contributed by atoms with E-state index in [9.17, 15) is 8.42 Å². The standard InChI is InChI=1S/C13H21BrN2O3S/c1-6-7-16(13(2,3)4)20(17,18)11-8-10(9-15-5)19-12(11)14/h6,8,15H,1,7,9H2,2-5H3. The van der Waals surface area contributed by atoms with Gasteiger partial charge in [-0.15, -0.1) is 6.58 Å². The first-order valence-corrected chi connectivity index (χ1v) is 8.44. The number of furan rings is 1. The molecule has 114 valence electrons. The van der Waals surface area contributed by atoms with Crippen molar-refractivity contribution in [2.45, 2.75) is 37.8 Å². The highest BCUT2D eigenvalue weighted by molar-refractivity contribution is 9.10. The van der Waals surface area contributed by atoms with Gasteiger partial charge in [-0.3, -0.25) is 0 Å². The van der Waals surface area contributed by atoms with E-state index in [1.807, 2.05) is 20.8 Å². The van der Waals surface area contributed by atoms with Gasteiger partial charge in [0.25, 0.3) is 0 Å². The fraction of sp³-hybridized carbons (Fsp3) is 0.538. The molecule has 0 saturated heterocycles. The van der Waals surface area contributed by atoms with E-state index < -0.39 is 15.6 Å². The van der Waals surface area contributed by atoms with Crippen LogP contribution in [0.1, 0.15) is 26.5 Å². The Morgan fingerprint density at radius 3 is 2.55 bits per heavy atom. The molecule has 0 radical (unpaired) electrons. The van der Waals surface area contributed by atoms with E-state index in [4.69, 9.17) is 4.42 Å². The molecule has 0 aliphatic rings. The monoisotopic (exact) mass is 364 g/mol. The van der Waals surface area contributed by atoms with Crippen molar-refractivity contribution in [1.29, 1.82) is 0 Å². The molecule has 0 atom stereocenters. The van der Waals surface area contributed by atoms with Crippen LogP contribution in [0.4, 0.5) is 0 Å². The average Bonchev–Trinajstić information content (AvgIpc) is 2.66. The molecule has 1 aromatic heterocycles. The first-order chi connectivity index (χ1) is 9.14. The fourth-order valence-corrected chi connectivity index (χ4v) is 4.52. The van der Waals surface area contributed by atoms with Crippen LogP contribution in [0.3, 0.4) is 0 Å². The van der Waals surface area contributed by atoms with Crippen LogP contribution in [-0.4, -0.2) is 31.9 Å². The zero-order chi connectivity index (χ0) is 15.6. The van der Waals surface area contributed by atoms with E-state index >= 15 is 0 Å². The summed E-state index contributed by atoms with van der Waals surface area (Å²) in [6.45, 7) is 9.86. The molecule has 0 spiro atoms. The van der Waals surface area contributed by atoms with Gasteiger partial charge in [-0.25, -0.2) is 8.42 Å². The van der Waals surface area contributed by atoms with Crippen LogP contribution in [0.2, 0.25) is 0 Å². The quantitative estimate of drug-likeness (QED) is 0.788. The zero-order valence-corrected chi connectivity index (χ0v) is 14.6. The van der Waals surface area contributed by atoms with Gasteiger partial charge in [-0.2, -0.15) is 4.31 Å². The molecular formula is C13H21BrN2O3S. The SMILES string of the molecule is C=CCN(C(C)(C)C)S(=O)(=O)c1cc(CNC)oc1Br. The maximum atomic E-state index is 12.8. The molecule has 0 saturated carbocycles. The summed E-state index contributed by atoms with van der Waals surface area (Å²) in [5.74, 6) is 0.561. The Labute approximate surface area is 129 Å². The molecular weight excluding hydrogens is 344 g/mol. The summed E-state index contributed by atoms with van der Waals surface area (Å²) in [6.07, 6.45) is 1.57. The zero-order valence-electron chi connectivity index (χ0n) is 12.2. The molecule has 1 aromatic rings. The number of rotatable bonds is 6. The van der Waals surface area contributed by atoms with E-state index in [1.165, 1.54) is 10.4 Å². The Morgan fingerprint density at radius 2 is 2.10 bits per heavy atom. The molecule has 1 heterocycles.